The molecular formula is C22H17NO2. The maximum atomic E-state index is 11.1. The van der Waals surface area contributed by atoms with Crippen LogP contribution in [0.25, 0.3) is 33.7 Å². The second-order valence-corrected chi connectivity index (χ2v) is 7.04. The van der Waals surface area contributed by atoms with Crippen molar-refractivity contribution in [1.29, 1.82) is 0 Å². The van der Waals surface area contributed by atoms with Crippen LogP contribution in [0.5, 0.6) is 5.75 Å². The summed E-state index contributed by atoms with van der Waals surface area (Å²) in [5, 5.41) is 11.1. The Morgan fingerprint density at radius 1 is 0.840 bits per heavy atom. The predicted molar refractivity (Wildman–Crippen MR) is 98.7 cm³/mol. The molecule has 0 radical (unpaired) electrons. The predicted octanol–water partition coefficient (Wildman–Crippen LogP) is 5.51. The fourth-order valence-electron chi connectivity index (χ4n) is 3.94. The summed E-state index contributed by atoms with van der Waals surface area (Å²) in [5.74, 6) is 0.686. The summed E-state index contributed by atoms with van der Waals surface area (Å²) < 4.78 is 5.86. The standard InChI is InChI=1S/C22H17NO2/c1-22(2)15-8-4-3-7-13(15)19-16(22)12-11-14(20(19)24)21-23-17-9-5-6-10-18(17)25-21/h3-12,24H,1-2H3. The summed E-state index contributed by atoms with van der Waals surface area (Å²) in [6.45, 7) is 4.38. The van der Waals surface area contributed by atoms with Crippen LogP contribution in [0.1, 0.15) is 25.0 Å². The van der Waals surface area contributed by atoms with Gasteiger partial charge in [-0.2, -0.15) is 0 Å². The number of hydrogen-bond donors (Lipinski definition) is 1. The Labute approximate surface area is 145 Å². The minimum atomic E-state index is -0.136. The van der Waals surface area contributed by atoms with Crippen molar-refractivity contribution in [3.8, 4) is 28.3 Å². The summed E-state index contributed by atoms with van der Waals surface area (Å²) in [6.07, 6.45) is 0. The molecule has 0 fully saturated rings. The molecule has 1 N–H and O–H groups in total. The monoisotopic (exact) mass is 327 g/mol. The van der Waals surface area contributed by atoms with Gasteiger partial charge >= 0.3 is 0 Å². The third kappa shape index (κ3) is 1.84. The quantitative estimate of drug-likeness (QED) is 0.501. The molecule has 5 rings (SSSR count). The number of phenols is 1. The fourth-order valence-corrected chi connectivity index (χ4v) is 3.94. The largest absolute Gasteiger partial charge is 0.506 e. The third-order valence-corrected chi connectivity index (χ3v) is 5.25. The van der Waals surface area contributed by atoms with Crippen LogP contribution in [-0.2, 0) is 5.41 Å². The first-order valence-corrected chi connectivity index (χ1v) is 8.39. The van der Waals surface area contributed by atoms with Crippen molar-refractivity contribution in [3.63, 3.8) is 0 Å². The molecule has 0 saturated carbocycles. The van der Waals surface area contributed by atoms with E-state index in [1.807, 2.05) is 42.5 Å². The van der Waals surface area contributed by atoms with Gasteiger partial charge in [-0.3, -0.25) is 0 Å². The number of oxazole rings is 1. The smallest absolute Gasteiger partial charge is 0.231 e. The van der Waals surface area contributed by atoms with E-state index in [2.05, 4.69) is 37.0 Å². The molecule has 25 heavy (non-hydrogen) atoms. The second kappa shape index (κ2) is 4.73. The van der Waals surface area contributed by atoms with Crippen molar-refractivity contribution in [1.82, 2.24) is 4.98 Å². The van der Waals surface area contributed by atoms with Crippen LogP contribution >= 0.6 is 0 Å². The lowest BCUT2D eigenvalue weighted by Gasteiger charge is -2.21. The molecule has 1 aromatic heterocycles. The topological polar surface area (TPSA) is 46.3 Å². The SMILES string of the molecule is CC1(C)c2ccccc2-c2c1ccc(-c1nc3ccccc3o1)c2O. The Bertz CT molecular complexity index is 1100. The van der Waals surface area contributed by atoms with Crippen LogP contribution in [0, 0.1) is 0 Å². The van der Waals surface area contributed by atoms with Crippen molar-refractivity contribution in [2.24, 2.45) is 0 Å². The third-order valence-electron chi connectivity index (χ3n) is 5.25. The molecule has 0 spiro atoms. The van der Waals surface area contributed by atoms with E-state index in [4.69, 9.17) is 4.42 Å². The van der Waals surface area contributed by atoms with Gasteiger partial charge in [0.05, 0.1) is 5.56 Å². The van der Waals surface area contributed by atoms with E-state index in [-0.39, 0.29) is 11.2 Å². The van der Waals surface area contributed by atoms with Crippen LogP contribution in [0.3, 0.4) is 0 Å². The van der Waals surface area contributed by atoms with Gasteiger partial charge in [0, 0.05) is 11.0 Å². The Balaban J connectivity index is 1.79. The first-order valence-electron chi connectivity index (χ1n) is 8.39. The molecule has 0 saturated heterocycles. The Morgan fingerprint density at radius 2 is 1.60 bits per heavy atom. The van der Waals surface area contributed by atoms with Crippen molar-refractivity contribution in [2.75, 3.05) is 0 Å². The van der Waals surface area contributed by atoms with Gasteiger partial charge in [-0.25, -0.2) is 4.98 Å². The first-order chi connectivity index (χ1) is 12.1. The van der Waals surface area contributed by atoms with Gasteiger partial charge in [-0.05, 0) is 34.9 Å². The van der Waals surface area contributed by atoms with Gasteiger partial charge in [-0.15, -0.1) is 0 Å². The molecule has 3 nitrogen and oxygen atoms in total. The number of para-hydroxylation sites is 2. The van der Waals surface area contributed by atoms with E-state index in [0.29, 0.717) is 11.5 Å². The molecule has 3 heteroatoms. The van der Waals surface area contributed by atoms with Gasteiger partial charge in [0.2, 0.25) is 5.89 Å². The highest BCUT2D eigenvalue weighted by Gasteiger charge is 2.37. The van der Waals surface area contributed by atoms with Gasteiger partial charge in [0.15, 0.2) is 5.58 Å². The molecule has 0 unspecified atom stereocenters. The highest BCUT2D eigenvalue weighted by molar-refractivity contribution is 5.90. The van der Waals surface area contributed by atoms with Crippen LogP contribution < -0.4 is 0 Å². The maximum Gasteiger partial charge on any atom is 0.231 e. The minimum absolute atomic E-state index is 0.136. The number of phenolic OH excluding ortho intramolecular Hbond substituents is 1. The van der Waals surface area contributed by atoms with Crippen molar-refractivity contribution >= 4 is 11.1 Å². The first kappa shape index (κ1) is 14.3. The van der Waals surface area contributed by atoms with Crippen molar-refractivity contribution in [3.05, 3.63) is 71.8 Å². The number of nitrogens with zero attached hydrogens (tertiary/aromatic N) is 1. The Hall–Kier alpha value is -3.07. The lowest BCUT2D eigenvalue weighted by molar-refractivity contribution is 0.475. The molecule has 0 atom stereocenters. The zero-order chi connectivity index (χ0) is 17.2. The van der Waals surface area contributed by atoms with E-state index >= 15 is 0 Å². The van der Waals surface area contributed by atoms with Gasteiger partial charge < -0.3 is 9.52 Å². The summed E-state index contributed by atoms with van der Waals surface area (Å²) >= 11 is 0. The molecule has 3 aromatic carbocycles. The lowest BCUT2D eigenvalue weighted by Crippen LogP contribution is -2.14. The zero-order valence-electron chi connectivity index (χ0n) is 14.1. The molecule has 122 valence electrons. The van der Waals surface area contributed by atoms with Crippen LogP contribution in [0.15, 0.2) is 65.1 Å². The number of fused-ring (bicyclic) bond motifs is 4. The summed E-state index contributed by atoms with van der Waals surface area (Å²) in [7, 11) is 0. The molecule has 0 aliphatic heterocycles. The maximum absolute atomic E-state index is 11.1. The Kier molecular flexibility index (Phi) is 2.70. The van der Waals surface area contributed by atoms with Crippen molar-refractivity contribution in [2.45, 2.75) is 19.3 Å². The molecular weight excluding hydrogens is 310 g/mol. The highest BCUT2D eigenvalue weighted by Crippen LogP contribution is 2.54. The number of aromatic hydroxyl groups is 1. The molecule has 0 amide bonds. The van der Waals surface area contributed by atoms with E-state index in [1.54, 1.807) is 0 Å². The summed E-state index contributed by atoms with van der Waals surface area (Å²) in [6, 6.07) is 19.9. The van der Waals surface area contributed by atoms with E-state index in [1.165, 1.54) is 5.56 Å². The van der Waals surface area contributed by atoms with Crippen LogP contribution in [-0.4, -0.2) is 10.1 Å². The molecule has 1 heterocycles. The summed E-state index contributed by atoms with van der Waals surface area (Å²) in [5.41, 5.74) is 6.33. The number of hydrogen-bond acceptors (Lipinski definition) is 3. The molecule has 1 aliphatic rings. The summed E-state index contributed by atoms with van der Waals surface area (Å²) in [4.78, 5) is 4.53. The highest BCUT2D eigenvalue weighted by atomic mass is 16.3. The number of benzene rings is 3. The van der Waals surface area contributed by atoms with E-state index in [9.17, 15) is 5.11 Å². The van der Waals surface area contributed by atoms with Gasteiger partial charge in [0.1, 0.15) is 11.3 Å². The van der Waals surface area contributed by atoms with Crippen molar-refractivity contribution < 1.29 is 9.52 Å². The van der Waals surface area contributed by atoms with E-state index in [0.717, 1.165) is 27.8 Å². The lowest BCUT2D eigenvalue weighted by atomic mass is 9.82. The molecule has 0 bridgehead atoms. The molecule has 4 aromatic rings. The average molecular weight is 327 g/mol. The van der Waals surface area contributed by atoms with Crippen LogP contribution in [0.2, 0.25) is 0 Å². The van der Waals surface area contributed by atoms with Gasteiger partial charge in [-0.1, -0.05) is 56.3 Å². The normalized spacial score (nSPS) is 14.5. The second-order valence-electron chi connectivity index (χ2n) is 7.04. The fraction of sp³-hybridized carbons (Fsp3) is 0.136. The average Bonchev–Trinajstić information content (AvgIpc) is 3.14. The van der Waals surface area contributed by atoms with Gasteiger partial charge in [0.25, 0.3) is 0 Å². The van der Waals surface area contributed by atoms with Crippen LogP contribution in [0.4, 0.5) is 0 Å². The number of rotatable bonds is 1. The minimum Gasteiger partial charge on any atom is -0.506 e. The zero-order valence-corrected chi connectivity index (χ0v) is 14.1. The number of aromatic nitrogens is 1. The Morgan fingerprint density at radius 3 is 2.44 bits per heavy atom. The molecule has 1 aliphatic carbocycles. The van der Waals surface area contributed by atoms with E-state index < -0.39 is 0 Å².